The molecule has 0 atom stereocenters. The van der Waals surface area contributed by atoms with Crippen LogP contribution >= 0.6 is 0 Å². The minimum Gasteiger partial charge on any atom is -0.260 e. The molecule has 0 fully saturated rings. The smallest absolute Gasteiger partial charge is 0.106 e. The van der Waals surface area contributed by atoms with E-state index in [4.69, 9.17) is 9.97 Å². The Morgan fingerprint density at radius 2 is 0.667 bits per heavy atom. The fraction of sp³-hybridized carbons (Fsp3) is 0.0182. The lowest BCUT2D eigenvalue weighted by Gasteiger charge is -2.32. The molecule has 0 amide bonds. The average Bonchev–Trinajstić information content (AvgIpc) is 3.89. The van der Waals surface area contributed by atoms with E-state index in [9.17, 15) is 0 Å². The third-order valence-electron chi connectivity index (χ3n) is 12.9. The molecule has 0 unspecified atom stereocenters. The van der Waals surface area contributed by atoms with E-state index in [1.165, 1.54) is 111 Å². The second kappa shape index (κ2) is 11.3. The van der Waals surface area contributed by atoms with Gasteiger partial charge in [-0.2, -0.15) is 0 Å². The van der Waals surface area contributed by atoms with Gasteiger partial charge in [-0.15, -0.1) is 0 Å². The molecule has 0 saturated heterocycles. The van der Waals surface area contributed by atoms with Crippen molar-refractivity contribution < 1.29 is 0 Å². The first kappa shape index (κ1) is 30.9. The van der Waals surface area contributed by atoms with E-state index in [0.29, 0.717) is 0 Å². The molecule has 0 saturated carbocycles. The van der Waals surface area contributed by atoms with E-state index in [2.05, 4.69) is 170 Å². The summed E-state index contributed by atoms with van der Waals surface area (Å²) >= 11 is 0. The number of aromatic nitrogens is 2. The van der Waals surface area contributed by atoms with Gasteiger partial charge in [-0.1, -0.05) is 133 Å². The molecule has 2 aromatic heterocycles. The molecule has 0 N–H and O–H groups in total. The van der Waals surface area contributed by atoms with E-state index in [1.807, 2.05) is 24.5 Å². The fourth-order valence-corrected chi connectivity index (χ4v) is 10.5. The summed E-state index contributed by atoms with van der Waals surface area (Å²) in [6.07, 6.45) is 3.84. The lowest BCUT2D eigenvalue weighted by Crippen LogP contribution is -2.30. The van der Waals surface area contributed by atoms with E-state index in [-0.39, 0.29) is 0 Å². The predicted octanol–water partition coefficient (Wildman–Crippen LogP) is 13.8. The molecule has 3 aliphatic carbocycles. The topological polar surface area (TPSA) is 25.8 Å². The fourth-order valence-electron chi connectivity index (χ4n) is 10.5. The summed E-state index contributed by atoms with van der Waals surface area (Å²) in [4.78, 5) is 10.3. The summed E-state index contributed by atoms with van der Waals surface area (Å²) in [6.45, 7) is 0. The number of rotatable bonds is 4. The summed E-state index contributed by atoms with van der Waals surface area (Å²) in [5.41, 5.74) is 21.2. The molecule has 0 spiro atoms. The second-order valence-corrected chi connectivity index (χ2v) is 15.6. The van der Waals surface area contributed by atoms with Gasteiger partial charge < -0.3 is 0 Å². The van der Waals surface area contributed by atoms with Crippen LogP contribution in [0.25, 0.3) is 99.4 Å². The largest absolute Gasteiger partial charge is 0.260 e. The Kier molecular flexibility index (Phi) is 6.13. The first-order valence-electron chi connectivity index (χ1n) is 19.7. The van der Waals surface area contributed by atoms with Crippen molar-refractivity contribution in [1.29, 1.82) is 0 Å². The van der Waals surface area contributed by atoms with Crippen molar-refractivity contribution in [3.63, 3.8) is 0 Å². The summed E-state index contributed by atoms with van der Waals surface area (Å²) in [7, 11) is 0. The number of pyridine rings is 2. The Hall–Kier alpha value is -7.42. The zero-order chi connectivity index (χ0) is 37.2. The molecule has 0 aliphatic heterocycles. The summed E-state index contributed by atoms with van der Waals surface area (Å²) < 4.78 is 0. The van der Waals surface area contributed by atoms with Crippen LogP contribution in [0.2, 0.25) is 0 Å². The highest BCUT2D eigenvalue weighted by Gasteiger charge is 2.48. The Labute approximate surface area is 330 Å². The van der Waals surface area contributed by atoms with Crippen molar-refractivity contribution in [2.45, 2.75) is 5.41 Å². The van der Waals surface area contributed by atoms with E-state index >= 15 is 0 Å². The number of fused-ring (bicyclic) bond motifs is 9. The van der Waals surface area contributed by atoms with Gasteiger partial charge >= 0.3 is 0 Å². The van der Waals surface area contributed by atoms with Gasteiger partial charge in [0.05, 0.1) is 11.4 Å². The average molecular weight is 721 g/mol. The van der Waals surface area contributed by atoms with Crippen molar-refractivity contribution in [1.82, 2.24) is 9.97 Å². The zero-order valence-corrected chi connectivity index (χ0v) is 30.9. The van der Waals surface area contributed by atoms with Crippen LogP contribution in [-0.2, 0) is 5.41 Å². The Balaban J connectivity index is 1.02. The van der Waals surface area contributed by atoms with Gasteiger partial charge in [-0.25, -0.2) is 0 Å². The maximum atomic E-state index is 5.16. The Morgan fingerprint density at radius 1 is 0.281 bits per heavy atom. The monoisotopic (exact) mass is 720 g/mol. The molecule has 10 aromatic rings. The highest BCUT2D eigenvalue weighted by atomic mass is 14.8. The SMILES string of the molecule is c1ccc(C2(c3ccccn3)c3cc(-c4ccc5c(c4)-c4cccc6cccc-5c46)ccc3-c3ccc(-c4ccc5c(c4)-c4cccc6cccc-5c46)cc32)nc1. The van der Waals surface area contributed by atoms with Crippen LogP contribution < -0.4 is 0 Å². The highest BCUT2D eigenvalue weighted by Crippen LogP contribution is 2.57. The molecule has 13 rings (SSSR count). The van der Waals surface area contributed by atoms with Crippen molar-refractivity contribution in [3.8, 4) is 77.9 Å². The maximum Gasteiger partial charge on any atom is 0.106 e. The molecule has 262 valence electrons. The predicted molar refractivity (Wildman–Crippen MR) is 234 cm³/mol. The number of benzene rings is 8. The van der Waals surface area contributed by atoms with Crippen LogP contribution in [0.5, 0.6) is 0 Å². The van der Waals surface area contributed by atoms with Crippen LogP contribution in [0.15, 0.2) is 194 Å². The van der Waals surface area contributed by atoms with Gasteiger partial charge in [-0.05, 0) is 159 Å². The van der Waals surface area contributed by atoms with Gasteiger partial charge in [-0.3, -0.25) is 9.97 Å². The third-order valence-corrected chi connectivity index (χ3v) is 12.9. The highest BCUT2D eigenvalue weighted by molar-refractivity contribution is 6.17. The molecule has 2 heterocycles. The lowest BCUT2D eigenvalue weighted by atomic mass is 9.71. The number of hydrogen-bond donors (Lipinski definition) is 0. The number of hydrogen-bond acceptors (Lipinski definition) is 2. The number of nitrogens with zero attached hydrogens (tertiary/aromatic N) is 2. The third kappa shape index (κ3) is 4.09. The first-order valence-corrected chi connectivity index (χ1v) is 19.7. The van der Waals surface area contributed by atoms with Crippen LogP contribution in [0, 0.1) is 0 Å². The zero-order valence-electron chi connectivity index (χ0n) is 30.9. The van der Waals surface area contributed by atoms with Gasteiger partial charge in [0, 0.05) is 12.4 Å². The van der Waals surface area contributed by atoms with Gasteiger partial charge in [0.1, 0.15) is 5.41 Å². The van der Waals surface area contributed by atoms with Gasteiger partial charge in [0.15, 0.2) is 0 Å². The van der Waals surface area contributed by atoms with E-state index in [0.717, 1.165) is 11.4 Å². The van der Waals surface area contributed by atoms with E-state index < -0.39 is 5.41 Å². The van der Waals surface area contributed by atoms with Crippen LogP contribution in [0.4, 0.5) is 0 Å². The minimum atomic E-state index is -0.740. The Morgan fingerprint density at radius 3 is 1.07 bits per heavy atom. The molecular formula is C55H32N2. The molecule has 8 aromatic carbocycles. The lowest BCUT2D eigenvalue weighted by molar-refractivity contribution is 0.706. The molecular weight excluding hydrogens is 689 g/mol. The molecule has 3 aliphatic rings. The summed E-state index contributed by atoms with van der Waals surface area (Å²) in [6, 6.07) is 67.3. The standard InChI is InChI=1S/C55H32N2/c1-3-27-56-51(17-1)55(52-18-2-4-28-57-52)49-31-37(35-19-23-39-43-13-5-9-33-11-7-15-45(53(33)43)47(39)29-35)21-25-41(49)42-26-22-38(32-50(42)55)36-20-24-40-44-14-6-10-34-12-8-16-46(54(34)44)48(40)30-36/h1-32H. The molecule has 0 bridgehead atoms. The summed E-state index contributed by atoms with van der Waals surface area (Å²) in [5, 5.41) is 5.27. The van der Waals surface area contributed by atoms with Crippen LogP contribution in [0.1, 0.15) is 22.5 Å². The molecule has 0 radical (unpaired) electrons. The van der Waals surface area contributed by atoms with Gasteiger partial charge in [0.25, 0.3) is 0 Å². The second-order valence-electron chi connectivity index (χ2n) is 15.6. The van der Waals surface area contributed by atoms with Gasteiger partial charge in [0.2, 0.25) is 0 Å². The van der Waals surface area contributed by atoms with Crippen molar-refractivity contribution >= 4 is 21.5 Å². The van der Waals surface area contributed by atoms with Crippen molar-refractivity contribution in [2.75, 3.05) is 0 Å². The minimum absolute atomic E-state index is 0.740. The molecule has 2 nitrogen and oxygen atoms in total. The van der Waals surface area contributed by atoms with Crippen LogP contribution in [0.3, 0.4) is 0 Å². The molecule has 2 heteroatoms. The molecule has 57 heavy (non-hydrogen) atoms. The first-order chi connectivity index (χ1) is 28.3. The van der Waals surface area contributed by atoms with Crippen molar-refractivity contribution in [3.05, 3.63) is 217 Å². The normalized spacial score (nSPS) is 13.4. The Bertz CT molecular complexity index is 3110. The maximum absolute atomic E-state index is 5.16. The summed E-state index contributed by atoms with van der Waals surface area (Å²) in [5.74, 6) is 0. The quantitative estimate of drug-likeness (QED) is 0.181. The van der Waals surface area contributed by atoms with E-state index in [1.54, 1.807) is 0 Å². The van der Waals surface area contributed by atoms with Crippen LogP contribution in [-0.4, -0.2) is 9.97 Å². The van der Waals surface area contributed by atoms with Crippen molar-refractivity contribution in [2.24, 2.45) is 0 Å².